The van der Waals surface area contributed by atoms with Crippen molar-refractivity contribution in [3.8, 4) is 5.75 Å². The van der Waals surface area contributed by atoms with E-state index < -0.39 is 16.8 Å². The highest BCUT2D eigenvalue weighted by molar-refractivity contribution is 5.78. The number of hydrogen-bond donors (Lipinski definition) is 2. The number of carbonyl (C=O) groups excluding carboxylic acids is 1. The van der Waals surface area contributed by atoms with E-state index in [1.54, 1.807) is 0 Å². The maximum atomic E-state index is 12.2. The fraction of sp³-hybridized carbons (Fsp3) is 0.333. The van der Waals surface area contributed by atoms with Crippen LogP contribution in [0.25, 0.3) is 10.9 Å². The number of nitrogens with zero attached hydrogens (tertiary/aromatic N) is 2. The SMILES string of the molecule is CC(=O)[N+](O)(ON)C(c1ccc(OCc2ccc3ccccc3n2)cc1)C1CCCC1. The van der Waals surface area contributed by atoms with E-state index >= 15 is 0 Å². The highest BCUT2D eigenvalue weighted by atomic mass is 17.0. The molecule has 162 valence electrons. The first kappa shape index (κ1) is 21.4. The first-order valence-corrected chi connectivity index (χ1v) is 10.6. The van der Waals surface area contributed by atoms with Crippen molar-refractivity contribution >= 4 is 16.8 Å². The molecular weight excluding hydrogens is 394 g/mol. The smallest absolute Gasteiger partial charge is 0.377 e. The lowest BCUT2D eigenvalue weighted by Crippen LogP contribution is -2.54. The normalized spacial score (nSPS) is 17.4. The van der Waals surface area contributed by atoms with Gasteiger partial charge in [0, 0.05) is 21.7 Å². The minimum absolute atomic E-state index is 0.103. The van der Waals surface area contributed by atoms with Crippen LogP contribution in [0.5, 0.6) is 5.75 Å². The first-order valence-electron chi connectivity index (χ1n) is 10.6. The van der Waals surface area contributed by atoms with Crippen LogP contribution in [0, 0.1) is 5.92 Å². The van der Waals surface area contributed by atoms with E-state index in [0.29, 0.717) is 12.4 Å². The number of hydroxylamine groups is 4. The Morgan fingerprint density at radius 3 is 2.52 bits per heavy atom. The number of carbonyl (C=O) groups is 1. The summed E-state index contributed by atoms with van der Waals surface area (Å²) in [6, 6.07) is 18.7. The van der Waals surface area contributed by atoms with E-state index in [4.69, 9.17) is 15.6 Å². The molecule has 0 radical (unpaired) electrons. The van der Waals surface area contributed by atoms with Gasteiger partial charge in [0.15, 0.2) is 6.04 Å². The number of aromatic nitrogens is 1. The molecule has 2 atom stereocenters. The summed E-state index contributed by atoms with van der Waals surface area (Å²) in [7, 11) is 0. The van der Waals surface area contributed by atoms with Crippen molar-refractivity contribution in [2.75, 3.05) is 0 Å². The monoisotopic (exact) mass is 422 g/mol. The lowest BCUT2D eigenvalue weighted by atomic mass is 9.91. The fourth-order valence-electron chi connectivity index (χ4n) is 4.48. The maximum absolute atomic E-state index is 12.2. The van der Waals surface area contributed by atoms with Gasteiger partial charge in [0.1, 0.15) is 12.4 Å². The highest BCUT2D eigenvalue weighted by Gasteiger charge is 2.50. The van der Waals surface area contributed by atoms with E-state index in [1.807, 2.05) is 60.7 Å². The quantitative estimate of drug-likeness (QED) is 0.328. The molecule has 7 heteroatoms. The van der Waals surface area contributed by atoms with Gasteiger partial charge in [-0.3, -0.25) is 0 Å². The zero-order chi connectivity index (χ0) is 21.8. The number of benzene rings is 2. The number of ether oxygens (including phenoxy) is 1. The van der Waals surface area contributed by atoms with Crippen LogP contribution in [0.3, 0.4) is 0 Å². The maximum Gasteiger partial charge on any atom is 0.377 e. The molecule has 0 spiro atoms. The molecule has 1 amide bonds. The van der Waals surface area contributed by atoms with Crippen LogP contribution < -0.4 is 10.6 Å². The van der Waals surface area contributed by atoms with Gasteiger partial charge >= 0.3 is 5.91 Å². The van der Waals surface area contributed by atoms with Gasteiger partial charge in [-0.1, -0.05) is 42.0 Å². The van der Waals surface area contributed by atoms with E-state index in [1.165, 1.54) is 6.92 Å². The number of amides is 1. The molecule has 0 bridgehead atoms. The van der Waals surface area contributed by atoms with Crippen molar-refractivity contribution in [2.24, 2.45) is 11.8 Å². The van der Waals surface area contributed by atoms with E-state index in [-0.39, 0.29) is 5.92 Å². The summed E-state index contributed by atoms with van der Waals surface area (Å²) in [6.45, 7) is 1.62. The molecule has 2 aromatic carbocycles. The molecule has 1 heterocycles. The molecule has 1 aliphatic carbocycles. The van der Waals surface area contributed by atoms with Crippen LogP contribution in [0.2, 0.25) is 0 Å². The third-order valence-corrected chi connectivity index (χ3v) is 6.10. The van der Waals surface area contributed by atoms with Gasteiger partial charge in [0.25, 0.3) is 0 Å². The molecule has 4 rings (SSSR count). The second-order valence-corrected chi connectivity index (χ2v) is 8.09. The van der Waals surface area contributed by atoms with Gasteiger partial charge in [-0.05, 0) is 49.2 Å². The molecule has 0 aliphatic heterocycles. The molecule has 0 saturated heterocycles. The summed E-state index contributed by atoms with van der Waals surface area (Å²) in [6.07, 6.45) is 3.94. The van der Waals surface area contributed by atoms with Crippen LogP contribution in [0.4, 0.5) is 0 Å². The third-order valence-electron chi connectivity index (χ3n) is 6.10. The molecule has 1 aliphatic rings. The Kier molecular flexibility index (Phi) is 6.29. The van der Waals surface area contributed by atoms with Crippen molar-refractivity contribution in [3.05, 3.63) is 71.9 Å². The van der Waals surface area contributed by atoms with E-state index in [9.17, 15) is 10.0 Å². The van der Waals surface area contributed by atoms with Gasteiger partial charge in [-0.2, -0.15) is 11.1 Å². The van der Waals surface area contributed by atoms with Crippen LogP contribution in [-0.2, 0) is 16.3 Å². The van der Waals surface area contributed by atoms with Crippen LogP contribution in [0.15, 0.2) is 60.7 Å². The van der Waals surface area contributed by atoms with Gasteiger partial charge in [0.2, 0.25) is 0 Å². The highest BCUT2D eigenvalue weighted by Crippen LogP contribution is 2.43. The summed E-state index contributed by atoms with van der Waals surface area (Å²) in [5.41, 5.74) is 2.55. The predicted octanol–water partition coefficient (Wildman–Crippen LogP) is 4.60. The Morgan fingerprint density at radius 1 is 1.13 bits per heavy atom. The van der Waals surface area contributed by atoms with E-state index in [0.717, 1.165) is 47.8 Å². The number of rotatable bonds is 7. The Balaban J connectivity index is 1.51. The van der Waals surface area contributed by atoms with E-state index in [2.05, 4.69) is 4.98 Å². The Bertz CT molecular complexity index is 1050. The first-order chi connectivity index (χ1) is 15.0. The largest absolute Gasteiger partial charge is 0.487 e. The Morgan fingerprint density at radius 2 is 1.84 bits per heavy atom. The molecular formula is C24H28N3O4+. The minimum atomic E-state index is -1.26. The number of fused-ring (bicyclic) bond motifs is 1. The molecule has 7 nitrogen and oxygen atoms in total. The lowest BCUT2D eigenvalue weighted by molar-refractivity contribution is -1.21. The molecule has 1 fully saturated rings. The predicted molar refractivity (Wildman–Crippen MR) is 115 cm³/mol. The van der Waals surface area contributed by atoms with Crippen LogP contribution >= 0.6 is 0 Å². The molecule has 31 heavy (non-hydrogen) atoms. The molecule has 3 aromatic rings. The summed E-state index contributed by atoms with van der Waals surface area (Å²) >= 11 is 0. The number of nitrogens with two attached hydrogens (primary N) is 1. The zero-order valence-electron chi connectivity index (χ0n) is 17.6. The summed E-state index contributed by atoms with van der Waals surface area (Å²) in [5, 5.41) is 12.0. The second kappa shape index (κ2) is 9.11. The number of para-hydroxylation sites is 1. The molecule has 2 unspecified atom stereocenters. The van der Waals surface area contributed by atoms with Crippen molar-refractivity contribution in [1.29, 1.82) is 0 Å². The summed E-state index contributed by atoms with van der Waals surface area (Å²) in [5.74, 6) is 5.59. The van der Waals surface area contributed by atoms with Crippen molar-refractivity contribution in [1.82, 2.24) is 4.98 Å². The Labute approximate surface area is 181 Å². The van der Waals surface area contributed by atoms with Gasteiger partial charge in [-0.15, -0.1) is 0 Å². The summed E-state index contributed by atoms with van der Waals surface area (Å²) < 4.78 is 5.91. The van der Waals surface area contributed by atoms with Crippen molar-refractivity contribution < 1.29 is 24.5 Å². The number of quaternary nitrogens is 1. The number of pyridine rings is 1. The third kappa shape index (κ3) is 4.45. The lowest BCUT2D eigenvalue weighted by Gasteiger charge is -2.33. The van der Waals surface area contributed by atoms with Gasteiger partial charge in [-0.25, -0.2) is 9.78 Å². The molecule has 3 N–H and O–H groups in total. The van der Waals surface area contributed by atoms with Gasteiger partial charge in [0.05, 0.1) is 18.1 Å². The number of hydrogen-bond acceptors (Lipinski definition) is 6. The average Bonchev–Trinajstić information content (AvgIpc) is 3.32. The van der Waals surface area contributed by atoms with Crippen LogP contribution in [-0.4, -0.2) is 20.9 Å². The fourth-order valence-corrected chi connectivity index (χ4v) is 4.48. The summed E-state index contributed by atoms with van der Waals surface area (Å²) in [4.78, 5) is 20.3. The zero-order valence-corrected chi connectivity index (χ0v) is 17.6. The molecule has 1 aromatic heterocycles. The van der Waals surface area contributed by atoms with Crippen LogP contribution in [0.1, 0.15) is 49.9 Å². The van der Waals surface area contributed by atoms with Gasteiger partial charge < -0.3 is 4.74 Å². The van der Waals surface area contributed by atoms with Crippen molar-refractivity contribution in [3.63, 3.8) is 0 Å². The molecule has 1 saturated carbocycles. The van der Waals surface area contributed by atoms with Crippen molar-refractivity contribution in [2.45, 2.75) is 45.3 Å². The minimum Gasteiger partial charge on any atom is -0.487 e. The Hall–Kier alpha value is -2.84. The average molecular weight is 423 g/mol. The second-order valence-electron chi connectivity index (χ2n) is 8.09. The standard InChI is InChI=1S/C24H28N3O4/c1-17(28)27(29,31-25)24(19-7-2-3-8-19)20-11-14-22(15-12-20)30-16-21-13-10-18-6-4-5-9-23(18)26-21/h4-6,9-15,19,24,29H,2-3,7-8,16,25H2,1H3/q+1. The topological polar surface area (TPSA) is 94.7 Å².